The van der Waals surface area contributed by atoms with Crippen molar-refractivity contribution in [2.45, 2.75) is 108 Å². The highest BCUT2D eigenvalue weighted by Crippen LogP contribution is 2.71. The van der Waals surface area contributed by atoms with Gasteiger partial charge >= 0.3 is 5.97 Å². The third kappa shape index (κ3) is 2.52. The number of hydrogen-bond acceptors (Lipinski definition) is 7. The molecule has 4 N–H and O–H groups in total. The Labute approximate surface area is 206 Å². The molecule has 6 rings (SSSR count). The maximum atomic E-state index is 13.2. The zero-order valence-electron chi connectivity index (χ0n) is 21.3. The van der Waals surface area contributed by atoms with Crippen molar-refractivity contribution >= 4 is 11.8 Å². The van der Waals surface area contributed by atoms with Crippen LogP contribution in [0.1, 0.15) is 79.1 Å². The smallest absolute Gasteiger partial charge is 0.338 e. The Morgan fingerprint density at radius 3 is 2.31 bits per heavy atom. The van der Waals surface area contributed by atoms with E-state index >= 15 is 0 Å². The van der Waals surface area contributed by atoms with Crippen LogP contribution in [0.25, 0.3) is 0 Å². The van der Waals surface area contributed by atoms with Gasteiger partial charge in [-0.3, -0.25) is 4.79 Å². The zero-order valence-corrected chi connectivity index (χ0v) is 21.3. The molecule has 0 aromatic heterocycles. The van der Waals surface area contributed by atoms with E-state index in [2.05, 4.69) is 6.92 Å². The summed E-state index contributed by atoms with van der Waals surface area (Å²) >= 11 is 0. The van der Waals surface area contributed by atoms with Crippen LogP contribution >= 0.6 is 0 Å². The molecule has 0 aromatic rings. The van der Waals surface area contributed by atoms with Crippen LogP contribution in [-0.4, -0.2) is 61.2 Å². The van der Waals surface area contributed by atoms with Gasteiger partial charge in [0.15, 0.2) is 11.4 Å². The second-order valence-corrected chi connectivity index (χ2v) is 13.7. The van der Waals surface area contributed by atoms with E-state index in [9.17, 15) is 30.0 Å². The van der Waals surface area contributed by atoms with E-state index in [1.54, 1.807) is 12.2 Å². The lowest BCUT2D eigenvalue weighted by molar-refractivity contribution is -0.241. The first-order valence-electron chi connectivity index (χ1n) is 13.4. The molecule has 2 bridgehead atoms. The number of carbonyl (C=O) groups is 2. The van der Waals surface area contributed by atoms with E-state index in [0.717, 1.165) is 6.42 Å². The second kappa shape index (κ2) is 6.77. The number of ketones is 1. The van der Waals surface area contributed by atoms with Crippen LogP contribution in [0.3, 0.4) is 0 Å². The van der Waals surface area contributed by atoms with Gasteiger partial charge in [0.2, 0.25) is 0 Å². The molecule has 5 aliphatic carbocycles. The summed E-state index contributed by atoms with van der Waals surface area (Å²) in [5.41, 5.74) is -6.26. The van der Waals surface area contributed by atoms with Crippen LogP contribution in [0.5, 0.6) is 0 Å². The summed E-state index contributed by atoms with van der Waals surface area (Å²) in [5, 5.41) is 46.2. The third-order valence-electron chi connectivity index (χ3n) is 12.8. The summed E-state index contributed by atoms with van der Waals surface area (Å²) in [7, 11) is 0. The monoisotopic (exact) mass is 488 g/mol. The fourth-order valence-electron chi connectivity index (χ4n) is 10.2. The van der Waals surface area contributed by atoms with Crippen molar-refractivity contribution in [2.75, 3.05) is 0 Å². The molecular formula is C28H40O7. The van der Waals surface area contributed by atoms with E-state index in [1.165, 1.54) is 6.92 Å². The molecule has 7 nitrogen and oxygen atoms in total. The van der Waals surface area contributed by atoms with Gasteiger partial charge in [-0.2, -0.15) is 0 Å². The van der Waals surface area contributed by atoms with Crippen LogP contribution in [0, 0.1) is 39.9 Å². The molecule has 0 radical (unpaired) electrons. The van der Waals surface area contributed by atoms with Crippen LogP contribution in [-0.2, 0) is 14.3 Å². The van der Waals surface area contributed by atoms with Gasteiger partial charge in [-0.05, 0) is 94.5 Å². The summed E-state index contributed by atoms with van der Waals surface area (Å²) in [5.74, 6) is -0.934. The van der Waals surface area contributed by atoms with E-state index in [-0.39, 0.29) is 35.9 Å². The van der Waals surface area contributed by atoms with Crippen LogP contribution in [0.4, 0.5) is 0 Å². The van der Waals surface area contributed by atoms with Crippen molar-refractivity contribution < 1.29 is 34.8 Å². The first-order valence-corrected chi connectivity index (χ1v) is 13.4. The fourth-order valence-corrected chi connectivity index (χ4v) is 10.2. The topological polar surface area (TPSA) is 124 Å². The number of aliphatic hydroxyl groups is 4. The highest BCUT2D eigenvalue weighted by Gasteiger charge is 2.74. The number of aliphatic hydroxyl groups excluding tert-OH is 1. The molecule has 194 valence electrons. The molecule has 1 aliphatic heterocycles. The van der Waals surface area contributed by atoms with Crippen LogP contribution in [0.15, 0.2) is 12.2 Å². The predicted octanol–water partition coefficient (Wildman–Crippen LogP) is 2.28. The number of allylic oxidation sites excluding steroid dienone is 1. The van der Waals surface area contributed by atoms with Gasteiger partial charge in [0.1, 0.15) is 11.7 Å². The van der Waals surface area contributed by atoms with Crippen molar-refractivity contribution in [2.24, 2.45) is 39.9 Å². The molecule has 5 fully saturated rings. The highest BCUT2D eigenvalue weighted by atomic mass is 16.6. The highest BCUT2D eigenvalue weighted by molar-refractivity contribution is 5.97. The van der Waals surface area contributed by atoms with E-state index in [0.29, 0.717) is 38.5 Å². The number of hydrogen-bond donors (Lipinski definition) is 4. The van der Waals surface area contributed by atoms with Crippen molar-refractivity contribution in [3.8, 4) is 0 Å². The van der Waals surface area contributed by atoms with Crippen LogP contribution in [0.2, 0.25) is 0 Å². The Kier molecular flexibility index (Phi) is 4.66. The molecule has 0 aromatic carbocycles. The lowest BCUT2D eigenvalue weighted by Crippen LogP contribution is -2.70. The Bertz CT molecular complexity index is 1020. The second-order valence-electron chi connectivity index (χ2n) is 13.7. The molecule has 6 aliphatic rings. The van der Waals surface area contributed by atoms with Crippen molar-refractivity contribution in [1.29, 1.82) is 0 Å². The summed E-state index contributed by atoms with van der Waals surface area (Å²) in [6.07, 6.45) is 6.32. The average Bonchev–Trinajstić information content (AvgIpc) is 3.24. The van der Waals surface area contributed by atoms with Gasteiger partial charge in [-0.1, -0.05) is 19.9 Å². The average molecular weight is 489 g/mol. The summed E-state index contributed by atoms with van der Waals surface area (Å²) in [4.78, 5) is 25.9. The minimum absolute atomic E-state index is 0.0144. The summed E-state index contributed by atoms with van der Waals surface area (Å²) in [6, 6.07) is 0. The molecule has 35 heavy (non-hydrogen) atoms. The van der Waals surface area contributed by atoms with Crippen LogP contribution < -0.4 is 0 Å². The predicted molar refractivity (Wildman–Crippen MR) is 126 cm³/mol. The fraction of sp³-hybridized carbons (Fsp3) is 0.857. The maximum absolute atomic E-state index is 13.2. The molecule has 1 heterocycles. The first kappa shape index (κ1) is 24.1. The van der Waals surface area contributed by atoms with Crippen molar-refractivity contribution in [1.82, 2.24) is 0 Å². The molecular weight excluding hydrogens is 448 g/mol. The standard InChI is InChI=1S/C28H40O7/c1-23-13-18(19(14-23)35-22(31)26(23,4)32)27(33)11-8-16-15-12-21(30)28(34)9-5-6-20(29)25(28,3)17(15)7-10-24(16,27)2/h5-6,15-19,21,30,32-34H,7-14H2,1-4H3. The minimum Gasteiger partial charge on any atom is -0.460 e. The number of carbonyl (C=O) groups excluding carboxylic acids is 2. The van der Waals surface area contributed by atoms with Crippen molar-refractivity contribution in [3.05, 3.63) is 12.2 Å². The minimum atomic E-state index is -1.58. The molecule has 0 spiro atoms. The first-order chi connectivity index (χ1) is 16.2. The normalized spacial score (nSPS) is 61.1. The Balaban J connectivity index is 1.36. The Morgan fingerprint density at radius 2 is 1.60 bits per heavy atom. The number of ether oxygens (including phenoxy) is 1. The van der Waals surface area contributed by atoms with Crippen molar-refractivity contribution in [3.63, 3.8) is 0 Å². The van der Waals surface area contributed by atoms with Gasteiger partial charge in [0.05, 0.1) is 17.1 Å². The maximum Gasteiger partial charge on any atom is 0.338 e. The SMILES string of the molecule is CC12CC(OC(=O)C1(C)O)C(C1(O)CCC3C4CC(O)C5(O)CC=CC(=O)C5(C)C4CCC31C)C2. The zero-order chi connectivity index (χ0) is 25.4. The molecule has 0 amide bonds. The Hall–Kier alpha value is -1.28. The molecule has 7 heteroatoms. The number of rotatable bonds is 1. The lowest BCUT2D eigenvalue weighted by Gasteiger charge is -2.63. The van der Waals surface area contributed by atoms with E-state index < -0.39 is 51.2 Å². The summed E-state index contributed by atoms with van der Waals surface area (Å²) < 4.78 is 5.74. The molecule has 4 saturated carbocycles. The molecule has 12 atom stereocenters. The van der Waals surface area contributed by atoms with Gasteiger partial charge in [0.25, 0.3) is 0 Å². The lowest BCUT2D eigenvalue weighted by atomic mass is 9.42. The number of esters is 1. The molecule has 12 unspecified atom stereocenters. The third-order valence-corrected chi connectivity index (χ3v) is 12.8. The van der Waals surface area contributed by atoms with Gasteiger partial charge < -0.3 is 25.2 Å². The van der Waals surface area contributed by atoms with E-state index in [1.807, 2.05) is 13.8 Å². The van der Waals surface area contributed by atoms with Gasteiger partial charge in [0, 0.05) is 11.3 Å². The molecule has 1 saturated heterocycles. The Morgan fingerprint density at radius 1 is 0.914 bits per heavy atom. The van der Waals surface area contributed by atoms with E-state index in [4.69, 9.17) is 4.74 Å². The van der Waals surface area contributed by atoms with Gasteiger partial charge in [-0.15, -0.1) is 0 Å². The largest absolute Gasteiger partial charge is 0.460 e. The quantitative estimate of drug-likeness (QED) is 0.418. The van der Waals surface area contributed by atoms with Gasteiger partial charge in [-0.25, -0.2) is 4.79 Å². The number of fused-ring (bicyclic) bond motifs is 7. The summed E-state index contributed by atoms with van der Waals surface area (Å²) in [6.45, 7) is 7.44.